The summed E-state index contributed by atoms with van der Waals surface area (Å²) in [4.78, 5) is 4.37. The van der Waals surface area contributed by atoms with E-state index in [1.807, 2.05) is 29.6 Å². The second-order valence-electron chi connectivity index (χ2n) is 2.64. The third kappa shape index (κ3) is 2.16. The third-order valence-electron chi connectivity index (χ3n) is 1.73. The molecule has 0 aliphatic heterocycles. The standard InChI is InChI=1S/C9H6Br2N2S/c10-7-3-1-6(2-4-7)8-5-14-9(12-8)13-11/h1-5H,(H,12,13). The van der Waals surface area contributed by atoms with Gasteiger partial charge in [-0.1, -0.05) is 28.1 Å². The summed E-state index contributed by atoms with van der Waals surface area (Å²) in [5.41, 5.74) is 2.11. The highest BCUT2D eigenvalue weighted by Gasteiger charge is 2.02. The summed E-state index contributed by atoms with van der Waals surface area (Å²) in [6, 6.07) is 8.10. The van der Waals surface area contributed by atoms with Crippen LogP contribution < -0.4 is 4.34 Å². The normalized spacial score (nSPS) is 10.1. The van der Waals surface area contributed by atoms with Crippen LogP contribution in [0.3, 0.4) is 0 Å². The maximum atomic E-state index is 4.37. The first kappa shape index (κ1) is 10.1. The van der Waals surface area contributed by atoms with Crippen LogP contribution >= 0.6 is 43.4 Å². The molecule has 0 bridgehead atoms. The molecule has 0 atom stereocenters. The number of halogens is 2. The minimum absolute atomic E-state index is 0.864. The number of nitrogens with one attached hydrogen (secondary N) is 1. The fraction of sp³-hybridized carbons (Fsp3) is 0. The predicted molar refractivity (Wildman–Crippen MR) is 67.8 cm³/mol. The highest BCUT2D eigenvalue weighted by Crippen LogP contribution is 2.26. The van der Waals surface area contributed by atoms with Crippen molar-refractivity contribution in [2.24, 2.45) is 0 Å². The second kappa shape index (κ2) is 4.42. The summed E-state index contributed by atoms with van der Waals surface area (Å²) in [6.07, 6.45) is 0. The lowest BCUT2D eigenvalue weighted by molar-refractivity contribution is 1.41. The molecule has 0 spiro atoms. The molecule has 0 aliphatic carbocycles. The number of anilines is 1. The first-order valence-corrected chi connectivity index (χ1v) is 6.34. The maximum absolute atomic E-state index is 4.37. The first-order valence-electron chi connectivity index (χ1n) is 3.88. The third-order valence-corrected chi connectivity index (χ3v) is 3.65. The van der Waals surface area contributed by atoms with Gasteiger partial charge in [0.05, 0.1) is 5.69 Å². The zero-order chi connectivity index (χ0) is 9.97. The molecule has 5 heteroatoms. The van der Waals surface area contributed by atoms with E-state index in [1.165, 1.54) is 0 Å². The molecule has 0 aliphatic rings. The molecule has 1 heterocycles. The first-order chi connectivity index (χ1) is 6.79. The molecule has 0 unspecified atom stereocenters. The van der Waals surface area contributed by atoms with Crippen LogP contribution in [0.4, 0.5) is 5.13 Å². The van der Waals surface area contributed by atoms with Gasteiger partial charge in [-0.25, -0.2) is 4.98 Å². The topological polar surface area (TPSA) is 24.9 Å². The summed E-state index contributed by atoms with van der Waals surface area (Å²) in [7, 11) is 0. The van der Waals surface area contributed by atoms with Crippen molar-refractivity contribution in [3.63, 3.8) is 0 Å². The Balaban J connectivity index is 2.34. The van der Waals surface area contributed by atoms with E-state index in [4.69, 9.17) is 0 Å². The molecule has 2 aromatic rings. The average molecular weight is 334 g/mol. The molecule has 2 nitrogen and oxygen atoms in total. The number of hydrogen-bond donors (Lipinski definition) is 1. The van der Waals surface area contributed by atoms with Gasteiger partial charge in [0, 0.05) is 31.6 Å². The molecular formula is C9H6Br2N2S. The molecule has 0 saturated carbocycles. The van der Waals surface area contributed by atoms with Gasteiger partial charge in [-0.05, 0) is 12.1 Å². The van der Waals surface area contributed by atoms with Gasteiger partial charge < -0.3 is 0 Å². The number of benzene rings is 1. The number of aromatic nitrogens is 1. The molecule has 0 saturated heterocycles. The molecule has 0 fully saturated rings. The van der Waals surface area contributed by atoms with E-state index in [2.05, 4.69) is 41.4 Å². The molecule has 0 radical (unpaired) electrons. The second-order valence-corrected chi connectivity index (χ2v) is 4.81. The minimum Gasteiger partial charge on any atom is -0.298 e. The molecule has 72 valence electrons. The summed E-state index contributed by atoms with van der Waals surface area (Å²) >= 11 is 8.11. The largest absolute Gasteiger partial charge is 0.298 e. The van der Waals surface area contributed by atoms with Crippen molar-refractivity contribution in [3.05, 3.63) is 34.1 Å². The van der Waals surface area contributed by atoms with Crippen molar-refractivity contribution in [2.75, 3.05) is 4.34 Å². The summed E-state index contributed by atoms with van der Waals surface area (Å²) in [5.74, 6) is 0. The molecule has 0 amide bonds. The molecule has 1 aromatic heterocycles. The van der Waals surface area contributed by atoms with Crippen LogP contribution in [0.25, 0.3) is 11.3 Å². The van der Waals surface area contributed by atoms with Crippen molar-refractivity contribution in [1.29, 1.82) is 0 Å². The summed E-state index contributed by atoms with van der Waals surface area (Å²) < 4.78 is 3.92. The Morgan fingerprint density at radius 1 is 1.21 bits per heavy atom. The van der Waals surface area contributed by atoms with E-state index >= 15 is 0 Å². The lowest BCUT2D eigenvalue weighted by atomic mass is 10.2. The Bertz CT molecular complexity index is 425. The number of rotatable bonds is 2. The van der Waals surface area contributed by atoms with Crippen LogP contribution in [-0.4, -0.2) is 4.98 Å². The fourth-order valence-electron chi connectivity index (χ4n) is 1.07. The zero-order valence-corrected chi connectivity index (χ0v) is 11.0. The lowest BCUT2D eigenvalue weighted by Crippen LogP contribution is -1.79. The Labute approximate surface area is 103 Å². The Morgan fingerprint density at radius 3 is 2.50 bits per heavy atom. The number of nitrogens with zero attached hydrogens (tertiary/aromatic N) is 1. The van der Waals surface area contributed by atoms with Gasteiger partial charge >= 0.3 is 0 Å². The van der Waals surface area contributed by atoms with E-state index < -0.39 is 0 Å². The molecule has 2 rings (SSSR count). The number of thiazole rings is 1. The van der Waals surface area contributed by atoms with Gasteiger partial charge in [-0.15, -0.1) is 11.3 Å². The highest BCUT2D eigenvalue weighted by atomic mass is 79.9. The quantitative estimate of drug-likeness (QED) is 0.829. The minimum atomic E-state index is 0.864. The van der Waals surface area contributed by atoms with Crippen LogP contribution in [0.1, 0.15) is 0 Å². The van der Waals surface area contributed by atoms with Crippen molar-refractivity contribution >= 4 is 48.5 Å². The maximum Gasteiger partial charge on any atom is 0.193 e. The van der Waals surface area contributed by atoms with Gasteiger partial charge in [0.15, 0.2) is 5.13 Å². The molecule has 14 heavy (non-hydrogen) atoms. The molecule has 1 aromatic carbocycles. The van der Waals surface area contributed by atoms with E-state index in [9.17, 15) is 0 Å². The van der Waals surface area contributed by atoms with Crippen LogP contribution in [0.5, 0.6) is 0 Å². The van der Waals surface area contributed by atoms with Crippen molar-refractivity contribution < 1.29 is 0 Å². The monoisotopic (exact) mass is 332 g/mol. The summed E-state index contributed by atoms with van der Waals surface area (Å²) in [6.45, 7) is 0. The van der Waals surface area contributed by atoms with Crippen molar-refractivity contribution in [3.8, 4) is 11.3 Å². The Kier molecular flexibility index (Phi) is 3.20. The average Bonchev–Trinajstić information content (AvgIpc) is 2.67. The van der Waals surface area contributed by atoms with Crippen molar-refractivity contribution in [1.82, 2.24) is 4.98 Å². The SMILES string of the molecule is BrNc1nc(-c2ccc(Br)cc2)cs1. The van der Waals surface area contributed by atoms with Crippen LogP contribution in [0, 0.1) is 0 Å². The summed E-state index contributed by atoms with van der Waals surface area (Å²) in [5, 5.41) is 2.88. The molecular weight excluding hydrogens is 328 g/mol. The van der Waals surface area contributed by atoms with E-state index in [-0.39, 0.29) is 0 Å². The van der Waals surface area contributed by atoms with Gasteiger partial charge in [0.1, 0.15) is 0 Å². The molecule has 1 N–H and O–H groups in total. The number of hydrogen-bond acceptors (Lipinski definition) is 3. The fourth-order valence-corrected chi connectivity index (χ4v) is 2.31. The van der Waals surface area contributed by atoms with Gasteiger partial charge in [0.25, 0.3) is 0 Å². The van der Waals surface area contributed by atoms with E-state index in [0.717, 1.165) is 20.9 Å². The predicted octanol–water partition coefficient (Wildman–Crippen LogP) is 4.29. The highest BCUT2D eigenvalue weighted by molar-refractivity contribution is 9.10. The van der Waals surface area contributed by atoms with E-state index in [1.54, 1.807) is 11.3 Å². The van der Waals surface area contributed by atoms with Gasteiger partial charge in [0.2, 0.25) is 0 Å². The van der Waals surface area contributed by atoms with Crippen LogP contribution in [0.15, 0.2) is 34.1 Å². The van der Waals surface area contributed by atoms with Gasteiger partial charge in [-0.3, -0.25) is 4.34 Å². The van der Waals surface area contributed by atoms with Gasteiger partial charge in [-0.2, -0.15) is 0 Å². The Morgan fingerprint density at radius 2 is 1.93 bits per heavy atom. The van der Waals surface area contributed by atoms with Crippen LogP contribution in [0.2, 0.25) is 0 Å². The van der Waals surface area contributed by atoms with E-state index in [0.29, 0.717) is 0 Å². The Hall–Kier alpha value is -0.390. The zero-order valence-electron chi connectivity index (χ0n) is 7.00. The van der Waals surface area contributed by atoms with Crippen LogP contribution in [-0.2, 0) is 0 Å². The smallest absolute Gasteiger partial charge is 0.193 e. The lowest BCUT2D eigenvalue weighted by Gasteiger charge is -1.95. The van der Waals surface area contributed by atoms with Crippen molar-refractivity contribution in [2.45, 2.75) is 0 Å².